The number of hydrogen-bond acceptors (Lipinski definition) is 3. The lowest BCUT2D eigenvalue weighted by Crippen LogP contribution is -2.22. The number of rotatable bonds is 5. The summed E-state index contributed by atoms with van der Waals surface area (Å²) in [6.45, 7) is 6.51. The lowest BCUT2D eigenvalue weighted by molar-refractivity contribution is 0.496. The zero-order chi connectivity index (χ0) is 10.6. The maximum atomic E-state index is 6.04. The Hall–Kier alpha value is -0.410. The molecule has 0 saturated heterocycles. The normalized spacial score (nSPS) is 13.5. The van der Waals surface area contributed by atoms with Gasteiger partial charge in [-0.05, 0) is 32.1 Å². The second kappa shape index (κ2) is 5.47. The van der Waals surface area contributed by atoms with Gasteiger partial charge in [0, 0.05) is 17.1 Å². The summed E-state index contributed by atoms with van der Waals surface area (Å²) in [5.74, 6) is 0.754. The molecule has 2 N–H and O–H groups in total. The van der Waals surface area contributed by atoms with Crippen LogP contribution in [0.1, 0.15) is 36.6 Å². The van der Waals surface area contributed by atoms with E-state index in [1.165, 1.54) is 11.3 Å². The van der Waals surface area contributed by atoms with Crippen LogP contribution in [0.2, 0.25) is 0 Å². The van der Waals surface area contributed by atoms with Crippen molar-refractivity contribution in [3.05, 3.63) is 16.1 Å². The zero-order valence-corrected chi connectivity index (χ0v) is 10.1. The van der Waals surface area contributed by atoms with Gasteiger partial charge in [-0.2, -0.15) is 0 Å². The predicted molar refractivity (Wildman–Crippen MR) is 62.6 cm³/mol. The van der Waals surface area contributed by atoms with E-state index in [0.29, 0.717) is 6.04 Å². The van der Waals surface area contributed by atoms with Crippen LogP contribution in [0, 0.1) is 12.8 Å². The van der Waals surface area contributed by atoms with Gasteiger partial charge in [0.05, 0.1) is 5.01 Å². The SMILES string of the molecule is Cc1ncc(CC(N)CCC(C)C)s1. The lowest BCUT2D eigenvalue weighted by atomic mass is 10.0. The van der Waals surface area contributed by atoms with E-state index in [4.69, 9.17) is 5.73 Å². The van der Waals surface area contributed by atoms with Crippen molar-refractivity contribution in [3.8, 4) is 0 Å². The predicted octanol–water partition coefficient (Wildman–Crippen LogP) is 2.76. The summed E-state index contributed by atoms with van der Waals surface area (Å²) >= 11 is 1.76. The minimum absolute atomic E-state index is 0.303. The van der Waals surface area contributed by atoms with Crippen molar-refractivity contribution < 1.29 is 0 Å². The van der Waals surface area contributed by atoms with Crippen molar-refractivity contribution in [1.82, 2.24) is 4.98 Å². The Kier molecular flexibility index (Phi) is 4.55. The maximum absolute atomic E-state index is 6.04. The number of hydrogen-bond donors (Lipinski definition) is 1. The molecule has 0 aromatic carbocycles. The third kappa shape index (κ3) is 4.20. The van der Waals surface area contributed by atoms with Crippen LogP contribution < -0.4 is 5.73 Å². The highest BCUT2D eigenvalue weighted by atomic mass is 32.1. The first-order chi connectivity index (χ1) is 6.58. The zero-order valence-electron chi connectivity index (χ0n) is 9.29. The van der Waals surface area contributed by atoms with Gasteiger partial charge >= 0.3 is 0 Å². The summed E-state index contributed by atoms with van der Waals surface area (Å²) in [5.41, 5.74) is 6.04. The quantitative estimate of drug-likeness (QED) is 0.815. The maximum Gasteiger partial charge on any atom is 0.0896 e. The topological polar surface area (TPSA) is 38.9 Å². The molecule has 1 heterocycles. The monoisotopic (exact) mass is 212 g/mol. The first-order valence-electron chi connectivity index (χ1n) is 5.25. The second-order valence-corrected chi connectivity index (χ2v) is 5.60. The molecule has 0 amide bonds. The first kappa shape index (κ1) is 11.7. The standard InChI is InChI=1S/C11H20N2S/c1-8(2)4-5-10(12)6-11-7-13-9(3)14-11/h7-8,10H,4-6,12H2,1-3H3. The number of thiazole rings is 1. The highest BCUT2D eigenvalue weighted by Gasteiger charge is 2.07. The van der Waals surface area contributed by atoms with Crippen LogP contribution in [0.3, 0.4) is 0 Å². The van der Waals surface area contributed by atoms with Crippen LogP contribution in [0.5, 0.6) is 0 Å². The smallest absolute Gasteiger partial charge is 0.0896 e. The van der Waals surface area contributed by atoms with Crippen LogP contribution in [0.4, 0.5) is 0 Å². The third-order valence-electron chi connectivity index (χ3n) is 2.25. The van der Waals surface area contributed by atoms with Gasteiger partial charge in [-0.15, -0.1) is 11.3 Å². The molecule has 14 heavy (non-hydrogen) atoms. The van der Waals surface area contributed by atoms with E-state index >= 15 is 0 Å². The van der Waals surface area contributed by atoms with E-state index in [0.717, 1.165) is 23.8 Å². The molecule has 0 aliphatic heterocycles. The fraction of sp³-hybridized carbons (Fsp3) is 0.727. The molecule has 0 radical (unpaired) electrons. The largest absolute Gasteiger partial charge is 0.327 e. The molecule has 80 valence electrons. The molecule has 3 heteroatoms. The minimum Gasteiger partial charge on any atom is -0.327 e. The molecular weight excluding hydrogens is 192 g/mol. The Morgan fingerprint density at radius 2 is 2.14 bits per heavy atom. The van der Waals surface area contributed by atoms with E-state index in [1.807, 2.05) is 13.1 Å². The molecule has 0 saturated carbocycles. The average molecular weight is 212 g/mol. The molecule has 2 nitrogen and oxygen atoms in total. The molecule has 0 aliphatic rings. The van der Waals surface area contributed by atoms with Gasteiger partial charge in [-0.25, -0.2) is 4.98 Å². The van der Waals surface area contributed by atoms with Gasteiger partial charge in [-0.3, -0.25) is 0 Å². The molecular formula is C11H20N2S. The van der Waals surface area contributed by atoms with E-state index in [-0.39, 0.29) is 0 Å². The fourth-order valence-electron chi connectivity index (χ4n) is 1.41. The van der Waals surface area contributed by atoms with Gasteiger partial charge in [-0.1, -0.05) is 13.8 Å². The summed E-state index contributed by atoms with van der Waals surface area (Å²) in [5, 5.41) is 1.14. The Labute approximate surface area is 90.6 Å². The van der Waals surface area contributed by atoms with Gasteiger partial charge in [0.2, 0.25) is 0 Å². The Bertz CT molecular complexity index is 268. The van der Waals surface area contributed by atoms with Crippen LogP contribution >= 0.6 is 11.3 Å². The van der Waals surface area contributed by atoms with Gasteiger partial charge < -0.3 is 5.73 Å². The molecule has 0 spiro atoms. The molecule has 0 aliphatic carbocycles. The summed E-state index contributed by atoms with van der Waals surface area (Å²) in [4.78, 5) is 5.55. The second-order valence-electron chi connectivity index (χ2n) is 4.28. The average Bonchev–Trinajstić information content (AvgIpc) is 2.48. The summed E-state index contributed by atoms with van der Waals surface area (Å²) < 4.78 is 0. The van der Waals surface area contributed by atoms with E-state index < -0.39 is 0 Å². The van der Waals surface area contributed by atoms with Crippen molar-refractivity contribution >= 4 is 11.3 Å². The molecule has 1 aromatic rings. The van der Waals surface area contributed by atoms with Crippen molar-refractivity contribution in [1.29, 1.82) is 0 Å². The van der Waals surface area contributed by atoms with Gasteiger partial charge in [0.15, 0.2) is 0 Å². The highest BCUT2D eigenvalue weighted by Crippen LogP contribution is 2.15. The van der Waals surface area contributed by atoms with Crippen molar-refractivity contribution in [3.63, 3.8) is 0 Å². The van der Waals surface area contributed by atoms with Crippen LogP contribution in [0.25, 0.3) is 0 Å². The number of nitrogens with zero attached hydrogens (tertiary/aromatic N) is 1. The minimum atomic E-state index is 0.303. The van der Waals surface area contributed by atoms with Crippen LogP contribution in [-0.2, 0) is 6.42 Å². The molecule has 1 unspecified atom stereocenters. The van der Waals surface area contributed by atoms with Crippen LogP contribution in [0.15, 0.2) is 6.20 Å². The number of aromatic nitrogens is 1. The molecule has 0 fully saturated rings. The summed E-state index contributed by atoms with van der Waals surface area (Å²) in [7, 11) is 0. The fourth-order valence-corrected chi connectivity index (χ4v) is 2.30. The van der Waals surface area contributed by atoms with Gasteiger partial charge in [0.25, 0.3) is 0 Å². The summed E-state index contributed by atoms with van der Waals surface area (Å²) in [6.07, 6.45) is 5.28. The molecule has 1 rings (SSSR count). The van der Waals surface area contributed by atoms with Crippen LogP contribution in [-0.4, -0.2) is 11.0 Å². The number of nitrogens with two attached hydrogens (primary N) is 1. The molecule has 1 atom stereocenters. The Morgan fingerprint density at radius 1 is 1.43 bits per heavy atom. The summed E-state index contributed by atoms with van der Waals surface area (Å²) in [6, 6.07) is 0.303. The highest BCUT2D eigenvalue weighted by molar-refractivity contribution is 7.11. The van der Waals surface area contributed by atoms with Crippen molar-refractivity contribution in [2.75, 3.05) is 0 Å². The third-order valence-corrected chi connectivity index (χ3v) is 3.18. The lowest BCUT2D eigenvalue weighted by Gasteiger charge is -2.11. The number of aryl methyl sites for hydroxylation is 1. The van der Waals surface area contributed by atoms with Crippen molar-refractivity contribution in [2.24, 2.45) is 11.7 Å². The first-order valence-corrected chi connectivity index (χ1v) is 6.06. The molecule has 1 aromatic heterocycles. The van der Waals surface area contributed by atoms with E-state index in [9.17, 15) is 0 Å². The Morgan fingerprint density at radius 3 is 2.64 bits per heavy atom. The van der Waals surface area contributed by atoms with Gasteiger partial charge in [0.1, 0.15) is 0 Å². The van der Waals surface area contributed by atoms with E-state index in [1.54, 1.807) is 11.3 Å². The Balaban J connectivity index is 2.30. The van der Waals surface area contributed by atoms with E-state index in [2.05, 4.69) is 18.8 Å². The van der Waals surface area contributed by atoms with Crippen molar-refractivity contribution in [2.45, 2.75) is 46.1 Å². The molecule has 0 bridgehead atoms.